The monoisotopic (exact) mass is 483 g/mol. The van der Waals surface area contributed by atoms with Crippen LogP contribution in [0.2, 0.25) is 5.02 Å². The highest BCUT2D eigenvalue weighted by Crippen LogP contribution is 2.50. The third-order valence-electron chi connectivity index (χ3n) is 7.36. The molecule has 1 saturated heterocycles. The molecular formula is C24H23ClFN5O3. The lowest BCUT2D eigenvalue weighted by atomic mass is 9.89. The summed E-state index contributed by atoms with van der Waals surface area (Å²) >= 11 is 6.02. The molecule has 1 aliphatic heterocycles. The quantitative estimate of drug-likeness (QED) is 0.409. The van der Waals surface area contributed by atoms with Crippen molar-refractivity contribution >= 4 is 39.4 Å². The van der Waals surface area contributed by atoms with E-state index in [0.717, 1.165) is 11.1 Å². The van der Waals surface area contributed by atoms with Crippen molar-refractivity contribution in [3.63, 3.8) is 0 Å². The summed E-state index contributed by atoms with van der Waals surface area (Å²) in [7, 11) is 0. The predicted molar refractivity (Wildman–Crippen MR) is 125 cm³/mol. The molecule has 176 valence electrons. The van der Waals surface area contributed by atoms with Gasteiger partial charge in [-0.05, 0) is 49.8 Å². The van der Waals surface area contributed by atoms with E-state index in [4.69, 9.17) is 22.1 Å². The average molecular weight is 484 g/mol. The minimum atomic E-state index is -1.43. The molecule has 1 aromatic carbocycles. The number of aromatic nitrogens is 4. The van der Waals surface area contributed by atoms with Gasteiger partial charge in [0.05, 0.1) is 16.8 Å². The van der Waals surface area contributed by atoms with E-state index in [-0.39, 0.29) is 22.3 Å². The molecule has 4 aromatic rings. The van der Waals surface area contributed by atoms with Gasteiger partial charge in [-0.25, -0.2) is 19.3 Å². The topological polar surface area (TPSA) is 119 Å². The van der Waals surface area contributed by atoms with Gasteiger partial charge in [-0.3, -0.25) is 0 Å². The van der Waals surface area contributed by atoms with Gasteiger partial charge in [0.1, 0.15) is 35.0 Å². The van der Waals surface area contributed by atoms with E-state index in [0.29, 0.717) is 35.9 Å². The van der Waals surface area contributed by atoms with Crippen LogP contribution in [0.5, 0.6) is 0 Å². The molecule has 0 amide bonds. The molecule has 0 spiro atoms. The van der Waals surface area contributed by atoms with Crippen molar-refractivity contribution in [2.75, 3.05) is 5.73 Å². The first-order chi connectivity index (χ1) is 16.3. The van der Waals surface area contributed by atoms with Gasteiger partial charge >= 0.3 is 0 Å². The first kappa shape index (κ1) is 21.7. The largest absolute Gasteiger partial charge is 0.385 e. The van der Waals surface area contributed by atoms with Gasteiger partial charge in [-0.1, -0.05) is 23.7 Å². The second-order valence-corrected chi connectivity index (χ2v) is 9.68. The summed E-state index contributed by atoms with van der Waals surface area (Å²) in [5.41, 5.74) is 6.40. The zero-order chi connectivity index (χ0) is 23.8. The number of hydrogen-bond acceptors (Lipinski definition) is 7. The summed E-state index contributed by atoms with van der Waals surface area (Å²) in [6.07, 6.45) is 1.88. The average Bonchev–Trinajstić information content (AvgIpc) is 3.45. The van der Waals surface area contributed by atoms with E-state index in [1.807, 2.05) is 13.0 Å². The standard InChI is InChI=1S/C24H23ClFN5O3/c1-11-15-5-7-31(22(15)29-10-28-11)23-19(32)24(33)6-4-14(20(24)34-23)8-12-2-3-13-9-16(25)21(27)30-18(13)17(12)26/h2-3,5,7,9-10,14,19-20,23,32-33H,4,6,8H2,1H3,(H2,27,30)/t14-,19-,20+,23+,24-/m0/s1. The Kier molecular flexibility index (Phi) is 4.83. The van der Waals surface area contributed by atoms with Crippen LogP contribution in [0.25, 0.3) is 21.9 Å². The molecule has 5 atom stereocenters. The highest BCUT2D eigenvalue weighted by molar-refractivity contribution is 6.33. The van der Waals surface area contributed by atoms with Crippen LogP contribution in [0.15, 0.2) is 36.8 Å². The van der Waals surface area contributed by atoms with Crippen LogP contribution in [0, 0.1) is 18.7 Å². The molecule has 0 unspecified atom stereocenters. The molecule has 0 bridgehead atoms. The molecule has 2 aliphatic rings. The molecule has 8 nitrogen and oxygen atoms in total. The smallest absolute Gasteiger partial charge is 0.164 e. The number of fused-ring (bicyclic) bond motifs is 3. The number of anilines is 1. The van der Waals surface area contributed by atoms with Crippen molar-refractivity contribution in [1.82, 2.24) is 19.5 Å². The molecule has 34 heavy (non-hydrogen) atoms. The van der Waals surface area contributed by atoms with Gasteiger partial charge in [0, 0.05) is 17.0 Å². The highest BCUT2D eigenvalue weighted by Gasteiger charge is 2.61. The molecule has 1 saturated carbocycles. The summed E-state index contributed by atoms with van der Waals surface area (Å²) in [6, 6.07) is 6.92. The maximum Gasteiger partial charge on any atom is 0.164 e. The number of nitrogens with two attached hydrogens (primary N) is 1. The zero-order valence-electron chi connectivity index (χ0n) is 18.3. The zero-order valence-corrected chi connectivity index (χ0v) is 19.1. The molecule has 6 rings (SSSR count). The van der Waals surface area contributed by atoms with Crippen LogP contribution in [0.1, 0.15) is 30.3 Å². The van der Waals surface area contributed by atoms with Crippen LogP contribution in [0.3, 0.4) is 0 Å². The SMILES string of the molecule is Cc1ncnc2c1ccn2[C@@H]1O[C@@H]2[C@H](Cc3ccc4cc(Cl)c(N)nc4c3F)CC[C@]2(O)[C@H]1O. The van der Waals surface area contributed by atoms with Crippen molar-refractivity contribution in [2.45, 2.75) is 50.2 Å². The Morgan fingerprint density at radius 1 is 1.32 bits per heavy atom. The summed E-state index contributed by atoms with van der Waals surface area (Å²) in [6.45, 7) is 1.88. The highest BCUT2D eigenvalue weighted by atomic mass is 35.5. The third-order valence-corrected chi connectivity index (χ3v) is 7.66. The van der Waals surface area contributed by atoms with Gasteiger partial charge in [-0.15, -0.1) is 0 Å². The number of ether oxygens (including phenoxy) is 1. The third kappa shape index (κ3) is 3.04. The Hall–Kier alpha value is -2.85. The van der Waals surface area contributed by atoms with Gasteiger partial charge < -0.3 is 25.3 Å². The summed E-state index contributed by atoms with van der Waals surface area (Å²) in [4.78, 5) is 12.7. The number of aliphatic hydroxyl groups excluding tert-OH is 1. The fourth-order valence-electron chi connectivity index (χ4n) is 5.54. The number of hydrogen-bond donors (Lipinski definition) is 3. The molecule has 3 aromatic heterocycles. The summed E-state index contributed by atoms with van der Waals surface area (Å²) < 4.78 is 23.3. The van der Waals surface area contributed by atoms with Crippen LogP contribution >= 0.6 is 11.6 Å². The normalized spacial score (nSPS) is 28.7. The second kappa shape index (κ2) is 7.58. The Morgan fingerprint density at radius 2 is 2.15 bits per heavy atom. The number of nitrogens with zero attached hydrogens (tertiary/aromatic N) is 4. The minimum Gasteiger partial charge on any atom is -0.385 e. The van der Waals surface area contributed by atoms with E-state index in [2.05, 4.69) is 15.0 Å². The van der Waals surface area contributed by atoms with Crippen LogP contribution < -0.4 is 5.73 Å². The van der Waals surface area contributed by atoms with E-state index < -0.39 is 29.9 Å². The van der Waals surface area contributed by atoms with Crippen molar-refractivity contribution in [3.8, 4) is 0 Å². The molecule has 2 fully saturated rings. The van der Waals surface area contributed by atoms with Crippen molar-refractivity contribution in [1.29, 1.82) is 0 Å². The molecule has 10 heteroatoms. The molecule has 4 N–H and O–H groups in total. The maximum atomic E-state index is 15.3. The number of halogens is 2. The minimum absolute atomic E-state index is 0.0727. The number of benzene rings is 1. The fourth-order valence-corrected chi connectivity index (χ4v) is 5.70. The van der Waals surface area contributed by atoms with Gasteiger partial charge in [-0.2, -0.15) is 0 Å². The van der Waals surface area contributed by atoms with Crippen LogP contribution in [-0.2, 0) is 11.2 Å². The van der Waals surface area contributed by atoms with Crippen molar-refractivity contribution < 1.29 is 19.3 Å². The van der Waals surface area contributed by atoms with Gasteiger partial charge in [0.2, 0.25) is 0 Å². The molecule has 1 aliphatic carbocycles. The maximum absolute atomic E-state index is 15.3. The lowest BCUT2D eigenvalue weighted by molar-refractivity contribution is -0.0675. The number of rotatable bonds is 3. The Labute approximate surface area is 199 Å². The van der Waals surface area contributed by atoms with E-state index in [1.165, 1.54) is 6.33 Å². The lowest BCUT2D eigenvalue weighted by Crippen LogP contribution is -2.45. The number of aliphatic hydroxyl groups is 2. The number of nitrogen functional groups attached to an aromatic ring is 1. The first-order valence-electron chi connectivity index (χ1n) is 11.1. The number of pyridine rings is 1. The van der Waals surface area contributed by atoms with Crippen molar-refractivity contribution in [2.24, 2.45) is 5.92 Å². The fraction of sp³-hybridized carbons (Fsp3) is 0.375. The first-order valence-corrected chi connectivity index (χ1v) is 11.5. The Bertz CT molecular complexity index is 1450. The predicted octanol–water partition coefficient (Wildman–Crippen LogP) is 3.30. The molecular weight excluding hydrogens is 461 g/mol. The van der Waals surface area contributed by atoms with E-state index >= 15 is 4.39 Å². The molecule has 0 radical (unpaired) electrons. The molecule has 4 heterocycles. The number of aryl methyl sites for hydroxylation is 1. The van der Waals surface area contributed by atoms with Crippen LogP contribution in [0.4, 0.5) is 10.2 Å². The van der Waals surface area contributed by atoms with Crippen molar-refractivity contribution in [3.05, 3.63) is 58.9 Å². The van der Waals surface area contributed by atoms with Gasteiger partial charge in [0.15, 0.2) is 12.0 Å². The summed E-state index contributed by atoms with van der Waals surface area (Å²) in [5, 5.41) is 24.2. The Balaban J connectivity index is 1.32. The summed E-state index contributed by atoms with van der Waals surface area (Å²) in [5.74, 6) is -0.585. The van der Waals surface area contributed by atoms with E-state index in [1.54, 1.807) is 29.0 Å². The lowest BCUT2D eigenvalue weighted by Gasteiger charge is -2.26. The van der Waals surface area contributed by atoms with E-state index in [9.17, 15) is 10.2 Å². The van der Waals surface area contributed by atoms with Crippen LogP contribution in [-0.4, -0.2) is 47.5 Å². The van der Waals surface area contributed by atoms with Gasteiger partial charge in [0.25, 0.3) is 0 Å². The second-order valence-electron chi connectivity index (χ2n) is 9.27. The Morgan fingerprint density at radius 3 is 2.97 bits per heavy atom.